The zero-order valence-corrected chi connectivity index (χ0v) is 12.2. The predicted octanol–water partition coefficient (Wildman–Crippen LogP) is 3.52. The number of nitrogen functional groups attached to an aromatic ring is 1. The molecule has 0 aliphatic heterocycles. The fourth-order valence-electron chi connectivity index (χ4n) is 2.60. The third-order valence-corrected chi connectivity index (χ3v) is 3.54. The summed E-state index contributed by atoms with van der Waals surface area (Å²) in [6.45, 7) is 4.94. The van der Waals surface area contributed by atoms with E-state index in [4.69, 9.17) is 5.73 Å². The van der Waals surface area contributed by atoms with E-state index in [1.165, 1.54) is 5.56 Å². The van der Waals surface area contributed by atoms with Crippen molar-refractivity contribution in [3.05, 3.63) is 54.4 Å². The Labute approximate surface area is 124 Å². The highest BCUT2D eigenvalue weighted by Gasteiger charge is 2.18. The summed E-state index contributed by atoms with van der Waals surface area (Å²) in [5, 5.41) is 4.49. The second kappa shape index (κ2) is 5.40. The molecule has 4 nitrogen and oxygen atoms in total. The molecule has 0 bridgehead atoms. The number of anilines is 1. The molecule has 0 amide bonds. The highest BCUT2D eigenvalue weighted by molar-refractivity contribution is 5.88. The van der Waals surface area contributed by atoms with Crippen LogP contribution in [0.1, 0.15) is 12.5 Å². The van der Waals surface area contributed by atoms with E-state index in [0.717, 1.165) is 28.9 Å². The van der Waals surface area contributed by atoms with E-state index in [1.54, 1.807) is 12.4 Å². The molecule has 0 aliphatic carbocycles. The van der Waals surface area contributed by atoms with E-state index in [9.17, 15) is 0 Å². The smallest absolute Gasteiger partial charge is 0.154 e. The number of benzene rings is 1. The van der Waals surface area contributed by atoms with Crippen LogP contribution in [-0.2, 0) is 6.54 Å². The Kier molecular flexibility index (Phi) is 3.44. The molecular weight excluding hydrogens is 260 g/mol. The normalized spacial score (nSPS) is 10.8. The summed E-state index contributed by atoms with van der Waals surface area (Å²) in [5.74, 6) is 0.555. The number of aromatic nitrogens is 3. The van der Waals surface area contributed by atoms with Gasteiger partial charge >= 0.3 is 0 Å². The summed E-state index contributed by atoms with van der Waals surface area (Å²) in [7, 11) is 0. The van der Waals surface area contributed by atoms with Crippen molar-refractivity contribution in [3.63, 3.8) is 0 Å². The molecule has 2 aromatic heterocycles. The van der Waals surface area contributed by atoms with Crippen molar-refractivity contribution in [2.24, 2.45) is 0 Å². The molecule has 0 saturated heterocycles. The molecule has 106 valence electrons. The quantitative estimate of drug-likeness (QED) is 0.797. The van der Waals surface area contributed by atoms with Crippen LogP contribution < -0.4 is 5.73 Å². The summed E-state index contributed by atoms with van der Waals surface area (Å²) in [6, 6.07) is 12.3. The zero-order chi connectivity index (χ0) is 14.8. The van der Waals surface area contributed by atoms with Gasteiger partial charge in [-0.05, 0) is 37.6 Å². The number of hydrogen-bond acceptors (Lipinski definition) is 3. The minimum absolute atomic E-state index is 0.555. The molecule has 2 N–H and O–H groups in total. The average molecular weight is 278 g/mol. The van der Waals surface area contributed by atoms with Crippen molar-refractivity contribution < 1.29 is 0 Å². The minimum atomic E-state index is 0.555. The average Bonchev–Trinajstić information content (AvgIpc) is 2.85. The fourth-order valence-corrected chi connectivity index (χ4v) is 2.60. The molecule has 1 aromatic carbocycles. The van der Waals surface area contributed by atoms with Crippen LogP contribution in [0.25, 0.3) is 22.4 Å². The number of nitrogens with zero attached hydrogens (tertiary/aromatic N) is 3. The number of pyridine rings is 1. The standard InChI is InChI=1S/C17H18N4/c1-3-21-16(14-6-4-5-12(2)11-14)15(17(18)20-21)13-7-9-19-10-8-13/h4-11H,3H2,1-2H3,(H2,18,20). The first-order chi connectivity index (χ1) is 10.2. The highest BCUT2D eigenvalue weighted by Crippen LogP contribution is 2.36. The van der Waals surface area contributed by atoms with Crippen LogP contribution in [0.4, 0.5) is 5.82 Å². The molecule has 3 aromatic rings. The Morgan fingerprint density at radius 3 is 2.52 bits per heavy atom. The zero-order valence-electron chi connectivity index (χ0n) is 12.2. The molecule has 4 heteroatoms. The topological polar surface area (TPSA) is 56.7 Å². The first-order valence-corrected chi connectivity index (χ1v) is 7.04. The van der Waals surface area contributed by atoms with Gasteiger partial charge in [-0.15, -0.1) is 0 Å². The monoisotopic (exact) mass is 278 g/mol. The number of hydrogen-bond donors (Lipinski definition) is 1. The van der Waals surface area contributed by atoms with Crippen LogP contribution in [-0.4, -0.2) is 14.8 Å². The Bertz CT molecular complexity index is 760. The Morgan fingerprint density at radius 1 is 1.10 bits per heavy atom. The van der Waals surface area contributed by atoms with Crippen LogP contribution in [0.2, 0.25) is 0 Å². The summed E-state index contributed by atoms with van der Waals surface area (Å²) in [5.41, 5.74) is 11.6. The first-order valence-electron chi connectivity index (χ1n) is 7.04. The van der Waals surface area contributed by atoms with Gasteiger partial charge in [0.25, 0.3) is 0 Å². The second-order valence-corrected chi connectivity index (χ2v) is 5.03. The number of aryl methyl sites for hydroxylation is 2. The Morgan fingerprint density at radius 2 is 1.86 bits per heavy atom. The number of rotatable bonds is 3. The molecule has 3 rings (SSSR count). The van der Waals surface area contributed by atoms with Gasteiger partial charge in [0.05, 0.1) is 11.3 Å². The third-order valence-electron chi connectivity index (χ3n) is 3.54. The molecule has 0 saturated carbocycles. The lowest BCUT2D eigenvalue weighted by atomic mass is 10.0. The molecule has 0 aliphatic rings. The maximum Gasteiger partial charge on any atom is 0.154 e. The van der Waals surface area contributed by atoms with Crippen LogP contribution in [0.3, 0.4) is 0 Å². The van der Waals surface area contributed by atoms with Gasteiger partial charge in [-0.1, -0.05) is 23.8 Å². The SMILES string of the molecule is CCn1nc(N)c(-c2ccncc2)c1-c1cccc(C)c1. The Balaban J connectivity index is 2.28. The van der Waals surface area contributed by atoms with E-state index in [0.29, 0.717) is 5.82 Å². The van der Waals surface area contributed by atoms with Gasteiger partial charge < -0.3 is 5.73 Å². The molecule has 0 radical (unpaired) electrons. The van der Waals surface area contributed by atoms with E-state index >= 15 is 0 Å². The van der Waals surface area contributed by atoms with Gasteiger partial charge in [0.1, 0.15) is 0 Å². The van der Waals surface area contributed by atoms with E-state index < -0.39 is 0 Å². The minimum Gasteiger partial charge on any atom is -0.382 e. The van der Waals surface area contributed by atoms with Gasteiger partial charge in [0.2, 0.25) is 0 Å². The maximum absolute atomic E-state index is 6.17. The fraction of sp³-hybridized carbons (Fsp3) is 0.176. The van der Waals surface area contributed by atoms with Gasteiger partial charge in [0.15, 0.2) is 5.82 Å². The molecule has 2 heterocycles. The Hall–Kier alpha value is -2.62. The van der Waals surface area contributed by atoms with Gasteiger partial charge in [-0.25, -0.2) is 0 Å². The van der Waals surface area contributed by atoms with Crippen LogP contribution in [0.15, 0.2) is 48.8 Å². The van der Waals surface area contributed by atoms with E-state index in [2.05, 4.69) is 48.2 Å². The largest absolute Gasteiger partial charge is 0.382 e. The third kappa shape index (κ3) is 2.40. The summed E-state index contributed by atoms with van der Waals surface area (Å²) < 4.78 is 1.96. The summed E-state index contributed by atoms with van der Waals surface area (Å²) >= 11 is 0. The summed E-state index contributed by atoms with van der Waals surface area (Å²) in [6.07, 6.45) is 3.55. The molecule has 0 unspecified atom stereocenters. The highest BCUT2D eigenvalue weighted by atomic mass is 15.3. The van der Waals surface area contributed by atoms with Crippen molar-refractivity contribution in [2.75, 3.05) is 5.73 Å². The lowest BCUT2D eigenvalue weighted by Crippen LogP contribution is -2.00. The van der Waals surface area contributed by atoms with Crippen LogP contribution >= 0.6 is 0 Å². The van der Waals surface area contributed by atoms with E-state index in [-0.39, 0.29) is 0 Å². The lowest BCUT2D eigenvalue weighted by Gasteiger charge is -2.09. The van der Waals surface area contributed by atoms with Gasteiger partial charge in [0, 0.05) is 24.5 Å². The molecule has 0 fully saturated rings. The van der Waals surface area contributed by atoms with Gasteiger partial charge in [-0.3, -0.25) is 9.67 Å². The van der Waals surface area contributed by atoms with Crippen molar-refractivity contribution in [2.45, 2.75) is 20.4 Å². The van der Waals surface area contributed by atoms with Crippen LogP contribution in [0, 0.1) is 6.92 Å². The van der Waals surface area contributed by atoms with Crippen molar-refractivity contribution in [1.29, 1.82) is 0 Å². The van der Waals surface area contributed by atoms with E-state index in [1.807, 2.05) is 16.8 Å². The van der Waals surface area contributed by atoms with Crippen molar-refractivity contribution in [1.82, 2.24) is 14.8 Å². The lowest BCUT2D eigenvalue weighted by molar-refractivity contribution is 0.670. The first kappa shape index (κ1) is 13.4. The maximum atomic E-state index is 6.17. The molecule has 21 heavy (non-hydrogen) atoms. The number of nitrogens with two attached hydrogens (primary N) is 1. The van der Waals surface area contributed by atoms with Crippen LogP contribution in [0.5, 0.6) is 0 Å². The molecule has 0 atom stereocenters. The molecular formula is C17H18N4. The summed E-state index contributed by atoms with van der Waals surface area (Å²) in [4.78, 5) is 4.08. The molecule has 0 spiro atoms. The van der Waals surface area contributed by atoms with Crippen molar-refractivity contribution in [3.8, 4) is 22.4 Å². The van der Waals surface area contributed by atoms with Gasteiger partial charge in [-0.2, -0.15) is 5.10 Å². The van der Waals surface area contributed by atoms with Crippen molar-refractivity contribution >= 4 is 5.82 Å². The predicted molar refractivity (Wildman–Crippen MR) is 85.7 cm³/mol. The second-order valence-electron chi connectivity index (χ2n) is 5.03.